The predicted octanol–water partition coefficient (Wildman–Crippen LogP) is 3.63. The first kappa shape index (κ1) is 11.7. The van der Waals surface area contributed by atoms with Gasteiger partial charge in [-0.05, 0) is 24.3 Å². The minimum Gasteiger partial charge on any atom is -0.417 e. The number of nitrogens with one attached hydrogen (secondary N) is 1. The molecule has 86 valence electrons. The van der Waals surface area contributed by atoms with Crippen molar-refractivity contribution in [2.24, 2.45) is 0 Å². The topological polar surface area (TPSA) is 38.3 Å². The molecule has 2 rings (SSSR count). The van der Waals surface area contributed by atoms with Crippen LogP contribution in [0.15, 0.2) is 54.6 Å². The molecule has 4 heteroatoms. The molecule has 0 atom stereocenters. The van der Waals surface area contributed by atoms with Crippen LogP contribution in [0.5, 0.6) is 5.75 Å². The Bertz CT molecular complexity index is 514. The number of halogens is 1. The van der Waals surface area contributed by atoms with E-state index in [1.54, 1.807) is 24.3 Å². The van der Waals surface area contributed by atoms with Crippen molar-refractivity contribution in [3.8, 4) is 5.75 Å². The Morgan fingerprint density at radius 2 is 1.65 bits per heavy atom. The highest BCUT2D eigenvalue weighted by Crippen LogP contribution is 2.21. The standard InChI is InChI=1S/C13H10BrNO2/c14-17-12-9-5-4-8-11(12)13(16)15-10-6-2-1-3-7-10/h1-9H,(H,15,16). The number of para-hydroxylation sites is 2. The van der Waals surface area contributed by atoms with E-state index in [4.69, 9.17) is 3.83 Å². The zero-order chi connectivity index (χ0) is 12.1. The lowest BCUT2D eigenvalue weighted by molar-refractivity contribution is 0.102. The van der Waals surface area contributed by atoms with Crippen LogP contribution >= 0.6 is 16.3 Å². The molecule has 17 heavy (non-hydrogen) atoms. The minimum absolute atomic E-state index is 0.203. The van der Waals surface area contributed by atoms with Crippen LogP contribution in [-0.2, 0) is 0 Å². The molecule has 2 aromatic carbocycles. The van der Waals surface area contributed by atoms with E-state index in [0.717, 1.165) is 5.69 Å². The Hall–Kier alpha value is -1.81. The molecule has 0 bridgehead atoms. The molecule has 1 amide bonds. The van der Waals surface area contributed by atoms with Gasteiger partial charge < -0.3 is 9.15 Å². The van der Waals surface area contributed by atoms with Crippen molar-refractivity contribution in [1.29, 1.82) is 0 Å². The quantitative estimate of drug-likeness (QED) is 0.938. The van der Waals surface area contributed by atoms with Crippen molar-refractivity contribution >= 4 is 27.9 Å². The van der Waals surface area contributed by atoms with Gasteiger partial charge in [-0.2, -0.15) is 0 Å². The number of anilines is 1. The molecule has 2 aromatic rings. The van der Waals surface area contributed by atoms with Gasteiger partial charge in [-0.3, -0.25) is 4.79 Å². The fourth-order valence-electron chi connectivity index (χ4n) is 1.44. The largest absolute Gasteiger partial charge is 0.417 e. The van der Waals surface area contributed by atoms with Gasteiger partial charge >= 0.3 is 0 Å². The lowest BCUT2D eigenvalue weighted by Crippen LogP contribution is -2.12. The normalized spacial score (nSPS) is 9.71. The summed E-state index contributed by atoms with van der Waals surface area (Å²) in [6, 6.07) is 16.3. The number of benzene rings is 2. The molecule has 0 aliphatic carbocycles. The van der Waals surface area contributed by atoms with Gasteiger partial charge in [0.15, 0.2) is 16.3 Å². The van der Waals surface area contributed by atoms with Gasteiger partial charge in [0.05, 0.1) is 5.56 Å². The lowest BCUT2D eigenvalue weighted by atomic mass is 10.2. The lowest BCUT2D eigenvalue weighted by Gasteiger charge is -2.07. The second-order valence-electron chi connectivity index (χ2n) is 3.39. The van der Waals surface area contributed by atoms with Crippen molar-refractivity contribution in [3.63, 3.8) is 0 Å². The van der Waals surface area contributed by atoms with E-state index >= 15 is 0 Å². The first-order chi connectivity index (χ1) is 8.31. The van der Waals surface area contributed by atoms with E-state index in [1.165, 1.54) is 0 Å². The molecule has 3 nitrogen and oxygen atoms in total. The van der Waals surface area contributed by atoms with Crippen LogP contribution < -0.4 is 9.15 Å². The number of carbonyl (C=O) groups is 1. The zero-order valence-corrected chi connectivity index (χ0v) is 10.5. The first-order valence-electron chi connectivity index (χ1n) is 5.05. The summed E-state index contributed by atoms with van der Waals surface area (Å²) in [5.41, 5.74) is 1.23. The van der Waals surface area contributed by atoms with Crippen molar-refractivity contribution in [2.45, 2.75) is 0 Å². The second-order valence-corrected chi connectivity index (χ2v) is 3.72. The van der Waals surface area contributed by atoms with E-state index in [0.29, 0.717) is 11.3 Å². The molecule has 0 aliphatic rings. The third-order valence-electron chi connectivity index (χ3n) is 2.25. The van der Waals surface area contributed by atoms with E-state index in [1.807, 2.05) is 30.3 Å². The Morgan fingerprint density at radius 1 is 1.00 bits per heavy atom. The van der Waals surface area contributed by atoms with Crippen LogP contribution in [0.25, 0.3) is 0 Å². The molecule has 0 radical (unpaired) electrons. The van der Waals surface area contributed by atoms with Crippen LogP contribution in [0.1, 0.15) is 10.4 Å². The molecule has 0 aliphatic heterocycles. The van der Waals surface area contributed by atoms with Crippen LogP contribution in [-0.4, -0.2) is 5.91 Å². The Kier molecular flexibility index (Phi) is 3.77. The summed E-state index contributed by atoms with van der Waals surface area (Å²) in [4.78, 5) is 12.0. The molecular formula is C13H10BrNO2. The average Bonchev–Trinajstić information content (AvgIpc) is 2.40. The monoisotopic (exact) mass is 291 g/mol. The molecule has 0 fully saturated rings. The van der Waals surface area contributed by atoms with Gasteiger partial charge in [-0.1, -0.05) is 30.3 Å². The fraction of sp³-hybridized carbons (Fsp3) is 0. The van der Waals surface area contributed by atoms with Crippen molar-refractivity contribution < 1.29 is 8.62 Å². The number of hydrogen-bond donors (Lipinski definition) is 1. The molecule has 0 saturated heterocycles. The summed E-state index contributed by atoms with van der Waals surface area (Å²) in [6.45, 7) is 0. The molecule has 0 saturated carbocycles. The van der Waals surface area contributed by atoms with Gasteiger partial charge in [0.1, 0.15) is 5.75 Å². The highest BCUT2D eigenvalue weighted by Gasteiger charge is 2.11. The SMILES string of the molecule is O=C(Nc1ccccc1)c1ccccc1OBr. The van der Waals surface area contributed by atoms with Gasteiger partial charge in [0.25, 0.3) is 5.91 Å². The summed E-state index contributed by atoms with van der Waals surface area (Å²) in [7, 11) is 0. The van der Waals surface area contributed by atoms with E-state index in [9.17, 15) is 4.79 Å². The molecule has 0 unspecified atom stereocenters. The number of carbonyl (C=O) groups excluding carboxylic acids is 1. The Balaban J connectivity index is 2.20. The maximum Gasteiger partial charge on any atom is 0.259 e. The maximum atomic E-state index is 12.0. The zero-order valence-electron chi connectivity index (χ0n) is 8.89. The van der Waals surface area contributed by atoms with Crippen molar-refractivity contribution in [3.05, 3.63) is 60.2 Å². The summed E-state index contributed by atoms with van der Waals surface area (Å²) < 4.78 is 4.96. The van der Waals surface area contributed by atoms with E-state index < -0.39 is 0 Å². The van der Waals surface area contributed by atoms with Crippen molar-refractivity contribution in [2.75, 3.05) is 5.32 Å². The Morgan fingerprint density at radius 3 is 2.35 bits per heavy atom. The third kappa shape index (κ3) is 2.85. The molecule has 0 aromatic heterocycles. The molecule has 0 heterocycles. The molecule has 1 N–H and O–H groups in total. The van der Waals surface area contributed by atoms with Crippen LogP contribution in [0.4, 0.5) is 5.69 Å². The highest BCUT2D eigenvalue weighted by molar-refractivity contribution is 9.06. The summed E-state index contributed by atoms with van der Waals surface area (Å²) in [5, 5.41) is 2.79. The second kappa shape index (κ2) is 5.50. The number of rotatable bonds is 3. The Labute approximate surface area is 108 Å². The highest BCUT2D eigenvalue weighted by atomic mass is 79.9. The molecular weight excluding hydrogens is 282 g/mol. The van der Waals surface area contributed by atoms with Crippen LogP contribution in [0.2, 0.25) is 0 Å². The summed E-state index contributed by atoms with van der Waals surface area (Å²) in [5.74, 6) is 0.284. The van der Waals surface area contributed by atoms with Crippen molar-refractivity contribution in [1.82, 2.24) is 0 Å². The average molecular weight is 292 g/mol. The van der Waals surface area contributed by atoms with E-state index in [2.05, 4.69) is 21.6 Å². The summed E-state index contributed by atoms with van der Waals surface area (Å²) in [6.07, 6.45) is 0. The van der Waals surface area contributed by atoms with E-state index in [-0.39, 0.29) is 5.91 Å². The maximum absolute atomic E-state index is 12.0. The van der Waals surface area contributed by atoms with Crippen LogP contribution in [0.3, 0.4) is 0 Å². The van der Waals surface area contributed by atoms with Crippen LogP contribution in [0, 0.1) is 0 Å². The predicted molar refractivity (Wildman–Crippen MR) is 70.4 cm³/mol. The van der Waals surface area contributed by atoms with Gasteiger partial charge in [0, 0.05) is 5.69 Å². The minimum atomic E-state index is -0.203. The smallest absolute Gasteiger partial charge is 0.259 e. The number of amides is 1. The summed E-state index contributed by atoms with van der Waals surface area (Å²) >= 11 is 2.88. The van der Waals surface area contributed by atoms with Gasteiger partial charge in [-0.25, -0.2) is 0 Å². The number of hydrogen-bond acceptors (Lipinski definition) is 2. The fourth-order valence-corrected chi connectivity index (χ4v) is 1.72. The first-order valence-corrected chi connectivity index (χ1v) is 5.70. The third-order valence-corrected chi connectivity index (χ3v) is 2.60. The van der Waals surface area contributed by atoms with Gasteiger partial charge in [0.2, 0.25) is 0 Å². The van der Waals surface area contributed by atoms with Gasteiger partial charge in [-0.15, -0.1) is 0 Å². The molecule has 0 spiro atoms.